The Hall–Kier alpha value is -1.45. The lowest BCUT2D eigenvalue weighted by molar-refractivity contribution is -0.120. The second-order valence-electron chi connectivity index (χ2n) is 5.28. The molecule has 116 valence electrons. The monoisotopic (exact) mass is 333 g/mol. The average molecular weight is 334 g/mol. The Kier molecular flexibility index (Phi) is 6.34. The fourth-order valence-electron chi connectivity index (χ4n) is 1.92. The number of benzene rings is 2. The second kappa shape index (κ2) is 8.25. The molecule has 4 heteroatoms. The van der Waals surface area contributed by atoms with Gasteiger partial charge >= 0.3 is 0 Å². The van der Waals surface area contributed by atoms with Crippen LogP contribution in [0.4, 0.5) is 0 Å². The molecule has 0 saturated carbocycles. The van der Waals surface area contributed by atoms with E-state index in [4.69, 9.17) is 11.6 Å². The first kappa shape index (κ1) is 16.9. The molecule has 0 saturated heterocycles. The molecule has 22 heavy (non-hydrogen) atoms. The Morgan fingerprint density at radius 1 is 1.09 bits per heavy atom. The van der Waals surface area contributed by atoms with Crippen LogP contribution in [-0.4, -0.2) is 11.2 Å². The summed E-state index contributed by atoms with van der Waals surface area (Å²) in [7, 11) is 0. The predicted octanol–water partition coefficient (Wildman–Crippen LogP) is 4.59. The van der Waals surface area contributed by atoms with Crippen molar-refractivity contribution in [1.82, 2.24) is 5.32 Å². The Bertz CT molecular complexity index is 610. The highest BCUT2D eigenvalue weighted by atomic mass is 35.5. The third-order valence-corrected chi connectivity index (χ3v) is 4.84. The molecular weight excluding hydrogens is 314 g/mol. The molecule has 0 unspecified atom stereocenters. The van der Waals surface area contributed by atoms with Gasteiger partial charge in [-0.1, -0.05) is 53.6 Å². The van der Waals surface area contributed by atoms with E-state index in [1.807, 2.05) is 43.3 Å². The maximum Gasteiger partial charge on any atom is 0.233 e. The predicted molar refractivity (Wildman–Crippen MR) is 95.2 cm³/mol. The van der Waals surface area contributed by atoms with Gasteiger partial charge in [0.15, 0.2) is 0 Å². The van der Waals surface area contributed by atoms with Gasteiger partial charge in [0, 0.05) is 17.3 Å². The molecule has 0 aliphatic rings. The zero-order valence-corrected chi connectivity index (χ0v) is 14.4. The summed E-state index contributed by atoms with van der Waals surface area (Å²) in [5.41, 5.74) is 3.52. The number of nitrogens with one attached hydrogen (secondary N) is 1. The van der Waals surface area contributed by atoms with E-state index >= 15 is 0 Å². The summed E-state index contributed by atoms with van der Waals surface area (Å²) < 4.78 is 0. The number of carbonyl (C=O) groups is 1. The summed E-state index contributed by atoms with van der Waals surface area (Å²) in [4.78, 5) is 12.1. The van der Waals surface area contributed by atoms with Crippen LogP contribution < -0.4 is 5.32 Å². The summed E-state index contributed by atoms with van der Waals surface area (Å²) >= 11 is 7.49. The molecule has 1 atom stereocenters. The minimum absolute atomic E-state index is 0.0690. The normalized spacial score (nSPS) is 12.0. The van der Waals surface area contributed by atoms with Crippen LogP contribution in [0.3, 0.4) is 0 Å². The van der Waals surface area contributed by atoms with E-state index in [9.17, 15) is 4.79 Å². The first-order valence-electron chi connectivity index (χ1n) is 7.24. The average Bonchev–Trinajstić information content (AvgIpc) is 2.53. The van der Waals surface area contributed by atoms with Gasteiger partial charge in [0.1, 0.15) is 0 Å². The van der Waals surface area contributed by atoms with Crippen molar-refractivity contribution in [1.29, 1.82) is 0 Å². The van der Waals surface area contributed by atoms with Gasteiger partial charge in [-0.25, -0.2) is 0 Å². The highest BCUT2D eigenvalue weighted by Crippen LogP contribution is 2.19. The molecule has 0 aromatic heterocycles. The van der Waals surface area contributed by atoms with Gasteiger partial charge in [0.2, 0.25) is 5.91 Å². The van der Waals surface area contributed by atoms with Gasteiger partial charge in [0.25, 0.3) is 0 Å². The van der Waals surface area contributed by atoms with E-state index < -0.39 is 0 Å². The number of aryl methyl sites for hydroxylation is 1. The molecule has 2 aromatic carbocycles. The molecule has 1 amide bonds. The first-order chi connectivity index (χ1) is 10.5. The van der Waals surface area contributed by atoms with Gasteiger partial charge in [-0.2, -0.15) is 0 Å². The van der Waals surface area contributed by atoms with Crippen LogP contribution in [0.5, 0.6) is 0 Å². The molecule has 0 aliphatic heterocycles. The third-order valence-electron chi connectivity index (χ3n) is 3.37. The van der Waals surface area contributed by atoms with Crippen molar-refractivity contribution in [3.63, 3.8) is 0 Å². The van der Waals surface area contributed by atoms with E-state index in [-0.39, 0.29) is 11.2 Å². The number of hydrogen-bond donors (Lipinski definition) is 1. The maximum absolute atomic E-state index is 12.1. The summed E-state index contributed by atoms with van der Waals surface area (Å²) in [5.74, 6) is 0.871. The summed E-state index contributed by atoms with van der Waals surface area (Å²) in [6.07, 6.45) is 0. The fraction of sp³-hybridized carbons (Fsp3) is 0.278. The summed E-state index contributed by atoms with van der Waals surface area (Å²) in [6.45, 7) is 4.56. The van der Waals surface area contributed by atoms with E-state index in [1.54, 1.807) is 11.8 Å². The Balaban J connectivity index is 1.76. The van der Waals surface area contributed by atoms with E-state index in [0.29, 0.717) is 6.54 Å². The maximum atomic E-state index is 12.1. The summed E-state index contributed by atoms with van der Waals surface area (Å²) in [6, 6.07) is 15.9. The molecule has 1 N–H and O–H groups in total. The lowest BCUT2D eigenvalue weighted by Gasteiger charge is -2.12. The molecule has 0 fully saturated rings. The van der Waals surface area contributed by atoms with Crippen molar-refractivity contribution in [2.24, 2.45) is 0 Å². The molecule has 2 nitrogen and oxygen atoms in total. The van der Waals surface area contributed by atoms with Crippen molar-refractivity contribution < 1.29 is 4.79 Å². The lowest BCUT2D eigenvalue weighted by Crippen LogP contribution is -2.30. The van der Waals surface area contributed by atoms with E-state index in [1.165, 1.54) is 11.1 Å². The smallest absolute Gasteiger partial charge is 0.233 e. The number of hydrogen-bond acceptors (Lipinski definition) is 2. The van der Waals surface area contributed by atoms with Gasteiger partial charge in [0.05, 0.1) is 5.25 Å². The van der Waals surface area contributed by atoms with Crippen LogP contribution in [-0.2, 0) is 17.1 Å². The van der Waals surface area contributed by atoms with Crippen molar-refractivity contribution >= 4 is 29.3 Å². The van der Waals surface area contributed by atoms with Gasteiger partial charge in [-0.05, 0) is 37.1 Å². The van der Waals surface area contributed by atoms with Crippen LogP contribution in [0.25, 0.3) is 0 Å². The topological polar surface area (TPSA) is 29.1 Å². The Morgan fingerprint density at radius 3 is 2.32 bits per heavy atom. The van der Waals surface area contributed by atoms with Gasteiger partial charge in [-0.3, -0.25) is 4.79 Å². The summed E-state index contributed by atoms with van der Waals surface area (Å²) in [5, 5.41) is 3.63. The van der Waals surface area contributed by atoms with Crippen LogP contribution in [0, 0.1) is 6.92 Å². The van der Waals surface area contributed by atoms with Gasteiger partial charge < -0.3 is 5.32 Å². The van der Waals surface area contributed by atoms with Crippen LogP contribution in [0.15, 0.2) is 48.5 Å². The molecule has 0 spiro atoms. The van der Waals surface area contributed by atoms with Crippen molar-refractivity contribution in [2.75, 3.05) is 0 Å². The van der Waals surface area contributed by atoms with Crippen LogP contribution in [0.2, 0.25) is 5.02 Å². The van der Waals surface area contributed by atoms with Crippen molar-refractivity contribution in [3.8, 4) is 0 Å². The van der Waals surface area contributed by atoms with Crippen molar-refractivity contribution in [2.45, 2.75) is 31.4 Å². The third kappa shape index (κ3) is 5.39. The highest BCUT2D eigenvalue weighted by Gasteiger charge is 2.13. The molecule has 2 rings (SSSR count). The number of rotatable bonds is 6. The van der Waals surface area contributed by atoms with Crippen molar-refractivity contribution in [3.05, 3.63) is 70.2 Å². The quantitative estimate of drug-likeness (QED) is 0.838. The van der Waals surface area contributed by atoms with Gasteiger partial charge in [-0.15, -0.1) is 11.8 Å². The molecule has 2 aromatic rings. The number of amides is 1. The molecular formula is C18H20ClNOS. The molecule has 0 heterocycles. The minimum Gasteiger partial charge on any atom is -0.351 e. The number of halogens is 1. The number of thioether (sulfide) groups is 1. The molecule has 0 radical (unpaired) electrons. The highest BCUT2D eigenvalue weighted by molar-refractivity contribution is 7.99. The number of carbonyl (C=O) groups excluding carboxylic acids is 1. The largest absolute Gasteiger partial charge is 0.351 e. The zero-order valence-electron chi connectivity index (χ0n) is 12.8. The zero-order chi connectivity index (χ0) is 15.9. The first-order valence-corrected chi connectivity index (χ1v) is 8.66. The Labute approximate surface area is 141 Å². The minimum atomic E-state index is -0.0823. The SMILES string of the molecule is Cc1ccc(CNC(=O)[C@H](C)SCc2ccc(Cl)cc2)cc1. The van der Waals surface area contributed by atoms with Crippen LogP contribution in [0.1, 0.15) is 23.6 Å². The standard InChI is InChI=1S/C18H20ClNOS/c1-13-3-5-15(6-4-13)11-20-18(21)14(2)22-12-16-7-9-17(19)10-8-16/h3-10,14H,11-12H2,1-2H3,(H,20,21)/t14-/m0/s1. The lowest BCUT2D eigenvalue weighted by atomic mass is 10.1. The Morgan fingerprint density at radius 2 is 1.68 bits per heavy atom. The van der Waals surface area contributed by atoms with E-state index in [2.05, 4.69) is 24.4 Å². The van der Waals surface area contributed by atoms with E-state index in [0.717, 1.165) is 16.3 Å². The second-order valence-corrected chi connectivity index (χ2v) is 7.05. The van der Waals surface area contributed by atoms with Crippen LogP contribution >= 0.6 is 23.4 Å². The fourth-order valence-corrected chi connectivity index (χ4v) is 2.91. The molecule has 0 aliphatic carbocycles. The molecule has 0 bridgehead atoms.